The van der Waals surface area contributed by atoms with Crippen LogP contribution in [0.4, 0.5) is 10.5 Å². The first-order valence-corrected chi connectivity index (χ1v) is 8.55. The Morgan fingerprint density at radius 1 is 1.24 bits per heavy atom. The van der Waals surface area contributed by atoms with Crippen molar-refractivity contribution in [2.24, 2.45) is 0 Å². The van der Waals surface area contributed by atoms with Gasteiger partial charge in [-0.2, -0.15) is 0 Å². The summed E-state index contributed by atoms with van der Waals surface area (Å²) >= 11 is 0. The fourth-order valence-corrected chi connectivity index (χ4v) is 3.10. The van der Waals surface area contributed by atoms with E-state index in [1.807, 2.05) is 36.4 Å². The molecule has 2 heterocycles. The highest BCUT2D eigenvalue weighted by Crippen LogP contribution is 2.22. The van der Waals surface area contributed by atoms with E-state index in [0.29, 0.717) is 6.04 Å². The number of urea groups is 1. The fraction of sp³-hybridized carbons (Fsp3) is 0.421. The minimum Gasteiger partial charge on any atom is -0.464 e. The number of furan rings is 1. The van der Waals surface area contributed by atoms with Crippen molar-refractivity contribution >= 4 is 11.7 Å². The number of hydrogen-bond acceptors (Lipinski definition) is 4. The number of hydrogen-bond donors (Lipinski definition) is 2. The molecule has 0 radical (unpaired) electrons. The number of methoxy groups -OCH3 is 1. The third-order valence-corrected chi connectivity index (χ3v) is 4.59. The first-order chi connectivity index (χ1) is 12.1. The van der Waals surface area contributed by atoms with Crippen molar-refractivity contribution in [1.82, 2.24) is 10.2 Å². The van der Waals surface area contributed by atoms with Crippen molar-refractivity contribution in [3.63, 3.8) is 0 Å². The van der Waals surface area contributed by atoms with Crippen molar-refractivity contribution in [3.05, 3.63) is 42.7 Å². The lowest BCUT2D eigenvalue weighted by Gasteiger charge is -2.20. The quantitative estimate of drug-likeness (QED) is 0.875. The van der Waals surface area contributed by atoms with Crippen LogP contribution < -0.4 is 10.6 Å². The van der Waals surface area contributed by atoms with Crippen LogP contribution in [0.3, 0.4) is 0 Å². The van der Waals surface area contributed by atoms with Crippen molar-refractivity contribution in [1.29, 1.82) is 0 Å². The van der Waals surface area contributed by atoms with Crippen LogP contribution in [-0.2, 0) is 4.74 Å². The molecule has 0 saturated carbocycles. The van der Waals surface area contributed by atoms with Gasteiger partial charge >= 0.3 is 6.03 Å². The van der Waals surface area contributed by atoms with Crippen LogP contribution in [0.2, 0.25) is 0 Å². The van der Waals surface area contributed by atoms with Gasteiger partial charge in [0.15, 0.2) is 0 Å². The number of ether oxygens (including phenoxy) is 1. The van der Waals surface area contributed by atoms with Gasteiger partial charge in [0.25, 0.3) is 0 Å². The molecule has 1 aliphatic heterocycles. The van der Waals surface area contributed by atoms with Crippen LogP contribution in [0.25, 0.3) is 11.3 Å². The monoisotopic (exact) mass is 343 g/mol. The van der Waals surface area contributed by atoms with Crippen LogP contribution in [0.5, 0.6) is 0 Å². The van der Waals surface area contributed by atoms with E-state index in [1.54, 1.807) is 13.4 Å². The van der Waals surface area contributed by atoms with Gasteiger partial charge < -0.3 is 19.8 Å². The average molecular weight is 343 g/mol. The summed E-state index contributed by atoms with van der Waals surface area (Å²) in [6.07, 6.45) is 1.65. The van der Waals surface area contributed by atoms with Crippen LogP contribution in [0.1, 0.15) is 13.8 Å². The third kappa shape index (κ3) is 4.21. The molecule has 0 spiro atoms. The number of likely N-dealkylation sites (tertiary alicyclic amines) is 1. The predicted molar refractivity (Wildman–Crippen MR) is 97.6 cm³/mol. The molecule has 6 heteroatoms. The van der Waals surface area contributed by atoms with Gasteiger partial charge in [-0.1, -0.05) is 0 Å². The molecule has 0 bridgehead atoms. The Bertz CT molecular complexity index is 682. The lowest BCUT2D eigenvalue weighted by molar-refractivity contribution is 0.0896. The van der Waals surface area contributed by atoms with Gasteiger partial charge in [-0.15, -0.1) is 0 Å². The summed E-state index contributed by atoms with van der Waals surface area (Å²) in [5.74, 6) is 0.804. The highest BCUT2D eigenvalue weighted by molar-refractivity contribution is 5.89. The van der Waals surface area contributed by atoms with Crippen LogP contribution in [0.15, 0.2) is 47.1 Å². The maximum absolute atomic E-state index is 12.3. The minimum atomic E-state index is -0.219. The molecule has 1 fully saturated rings. The largest absolute Gasteiger partial charge is 0.464 e. The van der Waals surface area contributed by atoms with Crippen LogP contribution in [0, 0.1) is 0 Å². The lowest BCUT2D eigenvalue weighted by atomic mass is 10.1. The topological polar surface area (TPSA) is 66.7 Å². The molecule has 1 aromatic carbocycles. The molecular formula is C19H25N3O3. The summed E-state index contributed by atoms with van der Waals surface area (Å²) < 4.78 is 10.9. The molecule has 2 amide bonds. The van der Waals surface area contributed by atoms with Crippen molar-refractivity contribution < 1.29 is 13.9 Å². The number of amides is 2. The Hall–Kier alpha value is -2.31. The van der Waals surface area contributed by atoms with E-state index < -0.39 is 0 Å². The highest BCUT2D eigenvalue weighted by Gasteiger charge is 2.34. The first kappa shape index (κ1) is 17.5. The highest BCUT2D eigenvalue weighted by atomic mass is 16.5. The summed E-state index contributed by atoms with van der Waals surface area (Å²) in [6, 6.07) is 11.5. The molecule has 3 rings (SSSR count). The zero-order valence-electron chi connectivity index (χ0n) is 14.9. The molecule has 25 heavy (non-hydrogen) atoms. The summed E-state index contributed by atoms with van der Waals surface area (Å²) in [4.78, 5) is 14.6. The molecule has 1 saturated heterocycles. The van der Waals surface area contributed by atoms with E-state index in [9.17, 15) is 4.79 Å². The SMILES string of the molecule is CO[C@@H]1CN(C(C)C)C[C@H]1NC(=O)Nc1ccc(-c2ccco2)cc1. The second kappa shape index (κ2) is 7.72. The summed E-state index contributed by atoms with van der Waals surface area (Å²) in [5.41, 5.74) is 1.71. The molecule has 134 valence electrons. The summed E-state index contributed by atoms with van der Waals surface area (Å²) in [6.45, 7) is 5.92. The number of carbonyl (C=O) groups excluding carboxylic acids is 1. The summed E-state index contributed by atoms with van der Waals surface area (Å²) in [5, 5.41) is 5.90. The molecule has 6 nitrogen and oxygen atoms in total. The Labute approximate surface area is 148 Å². The smallest absolute Gasteiger partial charge is 0.319 e. The molecule has 1 aliphatic rings. The second-order valence-electron chi connectivity index (χ2n) is 6.58. The zero-order chi connectivity index (χ0) is 17.8. The Balaban J connectivity index is 1.57. The molecule has 2 N–H and O–H groups in total. The molecule has 0 unspecified atom stereocenters. The van der Waals surface area contributed by atoms with Crippen molar-refractivity contribution in [2.45, 2.75) is 32.0 Å². The summed E-state index contributed by atoms with van der Waals surface area (Å²) in [7, 11) is 1.69. The number of nitrogens with one attached hydrogen (secondary N) is 2. The number of anilines is 1. The van der Waals surface area contributed by atoms with Gasteiger partial charge in [-0.05, 0) is 50.2 Å². The normalized spacial score (nSPS) is 20.8. The Kier molecular flexibility index (Phi) is 5.40. The van der Waals surface area contributed by atoms with E-state index in [-0.39, 0.29) is 18.2 Å². The number of rotatable bonds is 5. The van der Waals surface area contributed by atoms with Crippen molar-refractivity contribution in [3.8, 4) is 11.3 Å². The van der Waals surface area contributed by atoms with E-state index in [0.717, 1.165) is 30.1 Å². The standard InChI is InChI=1S/C19H25N3O3/c1-13(2)22-11-16(18(12-22)24-3)21-19(23)20-15-8-6-14(7-9-15)17-5-4-10-25-17/h4-10,13,16,18H,11-12H2,1-3H3,(H2,20,21,23)/t16-,18-/m1/s1. The van der Waals surface area contributed by atoms with Gasteiger partial charge in [-0.25, -0.2) is 4.79 Å². The lowest BCUT2D eigenvalue weighted by Crippen LogP contribution is -2.45. The van der Waals surface area contributed by atoms with Gasteiger partial charge in [-0.3, -0.25) is 4.90 Å². The predicted octanol–water partition coefficient (Wildman–Crippen LogP) is 3.18. The maximum atomic E-state index is 12.3. The molecule has 2 atom stereocenters. The maximum Gasteiger partial charge on any atom is 0.319 e. The van der Waals surface area contributed by atoms with E-state index in [2.05, 4.69) is 29.4 Å². The number of nitrogens with zero attached hydrogens (tertiary/aromatic N) is 1. The number of benzene rings is 1. The van der Waals surface area contributed by atoms with Gasteiger partial charge in [0.2, 0.25) is 0 Å². The minimum absolute atomic E-state index is 0.00878. The fourth-order valence-electron chi connectivity index (χ4n) is 3.10. The van der Waals surface area contributed by atoms with Gasteiger partial charge in [0, 0.05) is 37.5 Å². The number of carbonyl (C=O) groups is 1. The molecule has 1 aromatic heterocycles. The van der Waals surface area contributed by atoms with E-state index in [4.69, 9.17) is 9.15 Å². The molecular weight excluding hydrogens is 318 g/mol. The molecule has 2 aromatic rings. The van der Waals surface area contributed by atoms with Crippen LogP contribution in [-0.4, -0.2) is 49.3 Å². The van der Waals surface area contributed by atoms with Crippen LogP contribution >= 0.6 is 0 Å². The van der Waals surface area contributed by atoms with Gasteiger partial charge in [0.05, 0.1) is 18.4 Å². The molecule has 0 aliphatic carbocycles. The average Bonchev–Trinajstić information content (AvgIpc) is 3.25. The first-order valence-electron chi connectivity index (χ1n) is 8.55. The van der Waals surface area contributed by atoms with Crippen molar-refractivity contribution in [2.75, 3.05) is 25.5 Å². The van der Waals surface area contributed by atoms with E-state index in [1.165, 1.54) is 0 Å². The third-order valence-electron chi connectivity index (χ3n) is 4.59. The Morgan fingerprint density at radius 3 is 2.60 bits per heavy atom. The Morgan fingerprint density at radius 2 is 2.00 bits per heavy atom. The second-order valence-corrected chi connectivity index (χ2v) is 6.58. The van der Waals surface area contributed by atoms with Gasteiger partial charge in [0.1, 0.15) is 5.76 Å². The van der Waals surface area contributed by atoms with E-state index >= 15 is 0 Å². The zero-order valence-corrected chi connectivity index (χ0v) is 14.9.